The maximum atomic E-state index is 12.5. The van der Waals surface area contributed by atoms with Crippen LogP contribution in [0.25, 0.3) is 0 Å². The van der Waals surface area contributed by atoms with E-state index in [1.807, 2.05) is 25.1 Å². The lowest BCUT2D eigenvalue weighted by Crippen LogP contribution is -2.15. The molecule has 3 aromatic carbocycles. The van der Waals surface area contributed by atoms with Crippen LogP contribution in [-0.2, 0) is 20.2 Å². The lowest BCUT2D eigenvalue weighted by Gasteiger charge is -2.21. The van der Waals surface area contributed by atoms with E-state index in [0.717, 1.165) is 22.4 Å². The molecular formula is C27H33N3O6S. The van der Waals surface area contributed by atoms with E-state index >= 15 is 0 Å². The number of para-hydroxylation sites is 1. The van der Waals surface area contributed by atoms with Crippen LogP contribution in [-0.4, -0.2) is 41.3 Å². The zero-order valence-electron chi connectivity index (χ0n) is 21.2. The van der Waals surface area contributed by atoms with Crippen molar-refractivity contribution in [1.29, 1.82) is 0 Å². The molecule has 1 unspecified atom stereocenters. The molecule has 0 radical (unpaired) electrons. The van der Waals surface area contributed by atoms with Gasteiger partial charge in [0.05, 0.1) is 31.5 Å². The summed E-state index contributed by atoms with van der Waals surface area (Å²) in [6.07, 6.45) is 0.107. The van der Waals surface area contributed by atoms with E-state index in [9.17, 15) is 13.2 Å². The predicted octanol–water partition coefficient (Wildman–Crippen LogP) is 3.71. The highest BCUT2D eigenvalue weighted by Gasteiger charge is 2.22. The van der Waals surface area contributed by atoms with Gasteiger partial charge in [-0.15, -0.1) is 0 Å². The number of esters is 1. The van der Waals surface area contributed by atoms with Crippen LogP contribution in [0.3, 0.4) is 0 Å². The molecule has 1 atom stereocenters. The Hall–Kier alpha value is -3.92. The summed E-state index contributed by atoms with van der Waals surface area (Å²) >= 11 is 0. The standard InChI is InChI=1S/C27H33N3O6S/c1-4-35-26(31)16-20(19-13-21(28)27(29)24(15-19)34-3)18-10-9-17(2)22(14-18)30-11-12-36-23-7-5-6-8-25(23)37(32)33/h5-10,13-15,20,30,37H,4,11-12,16,28-29H2,1-3H3. The van der Waals surface area contributed by atoms with Gasteiger partial charge >= 0.3 is 5.97 Å². The van der Waals surface area contributed by atoms with E-state index in [0.29, 0.717) is 29.4 Å². The molecule has 3 aromatic rings. The number of rotatable bonds is 12. The SMILES string of the molecule is CCOC(=O)CC(c1ccc(C)c(NCCOc2ccccc2[SH](=O)=O)c1)c1cc(N)c(N)c(OC)c1. The van der Waals surface area contributed by atoms with Crippen LogP contribution in [0, 0.1) is 6.92 Å². The van der Waals surface area contributed by atoms with Crippen molar-refractivity contribution < 1.29 is 27.4 Å². The molecule has 0 fully saturated rings. The summed E-state index contributed by atoms with van der Waals surface area (Å²) in [5.41, 5.74) is 16.4. The first-order valence-electron chi connectivity index (χ1n) is 11.8. The van der Waals surface area contributed by atoms with Gasteiger partial charge in [0, 0.05) is 18.2 Å². The summed E-state index contributed by atoms with van der Waals surface area (Å²) in [6.45, 7) is 4.69. The number of nitrogens with one attached hydrogen (secondary N) is 1. The molecule has 198 valence electrons. The summed E-state index contributed by atoms with van der Waals surface area (Å²) < 4.78 is 39.1. The summed E-state index contributed by atoms with van der Waals surface area (Å²) in [4.78, 5) is 12.6. The number of nitrogens with two attached hydrogens (primary N) is 2. The van der Waals surface area contributed by atoms with Gasteiger partial charge in [-0.1, -0.05) is 24.3 Å². The van der Waals surface area contributed by atoms with Gasteiger partial charge in [0.2, 0.25) is 0 Å². The Morgan fingerprint density at radius 1 is 1.03 bits per heavy atom. The zero-order chi connectivity index (χ0) is 26.9. The van der Waals surface area contributed by atoms with Crippen molar-refractivity contribution in [3.05, 3.63) is 71.3 Å². The van der Waals surface area contributed by atoms with Gasteiger partial charge in [-0.3, -0.25) is 4.79 Å². The average molecular weight is 528 g/mol. The second-order valence-electron chi connectivity index (χ2n) is 8.36. The molecule has 5 N–H and O–H groups in total. The van der Waals surface area contributed by atoms with Crippen LogP contribution in [0.4, 0.5) is 17.1 Å². The van der Waals surface area contributed by atoms with Crippen LogP contribution in [0.15, 0.2) is 59.5 Å². The van der Waals surface area contributed by atoms with Crippen molar-refractivity contribution in [1.82, 2.24) is 0 Å². The second kappa shape index (κ2) is 12.9. The number of hydrogen-bond donors (Lipinski definition) is 4. The third-order valence-electron chi connectivity index (χ3n) is 5.90. The summed E-state index contributed by atoms with van der Waals surface area (Å²) in [5.74, 6) is 0.0658. The molecule has 37 heavy (non-hydrogen) atoms. The maximum Gasteiger partial charge on any atom is 0.306 e. The van der Waals surface area contributed by atoms with Crippen LogP contribution in [0.5, 0.6) is 11.5 Å². The number of carbonyl (C=O) groups is 1. The molecule has 0 bridgehead atoms. The molecular weight excluding hydrogens is 494 g/mol. The van der Waals surface area contributed by atoms with E-state index in [4.69, 9.17) is 25.7 Å². The minimum atomic E-state index is -2.75. The van der Waals surface area contributed by atoms with Gasteiger partial charge in [0.25, 0.3) is 0 Å². The Morgan fingerprint density at radius 3 is 2.49 bits per heavy atom. The van der Waals surface area contributed by atoms with E-state index in [-0.39, 0.29) is 36.4 Å². The number of thiol groups is 1. The third-order valence-corrected chi connectivity index (χ3v) is 6.66. The lowest BCUT2D eigenvalue weighted by molar-refractivity contribution is -0.143. The van der Waals surface area contributed by atoms with Crippen LogP contribution in [0.2, 0.25) is 0 Å². The predicted molar refractivity (Wildman–Crippen MR) is 145 cm³/mol. The molecule has 0 aromatic heterocycles. The van der Waals surface area contributed by atoms with E-state index in [2.05, 4.69) is 5.32 Å². The van der Waals surface area contributed by atoms with Crippen LogP contribution < -0.4 is 26.3 Å². The summed E-state index contributed by atoms with van der Waals surface area (Å²) in [7, 11) is -1.23. The Kier molecular flexibility index (Phi) is 9.62. The Labute approximate surface area is 218 Å². The number of nitrogen functional groups attached to an aromatic ring is 2. The van der Waals surface area contributed by atoms with E-state index < -0.39 is 10.7 Å². The molecule has 0 heterocycles. The molecule has 0 spiro atoms. The first-order valence-corrected chi connectivity index (χ1v) is 13.0. The van der Waals surface area contributed by atoms with Crippen molar-refractivity contribution in [3.63, 3.8) is 0 Å². The Morgan fingerprint density at radius 2 is 1.78 bits per heavy atom. The topological polar surface area (TPSA) is 143 Å². The molecule has 3 rings (SSSR count). The van der Waals surface area contributed by atoms with E-state index in [1.165, 1.54) is 13.2 Å². The van der Waals surface area contributed by atoms with Crippen molar-refractivity contribution in [2.45, 2.75) is 31.1 Å². The fraction of sp³-hybridized carbons (Fsp3) is 0.296. The number of anilines is 3. The van der Waals surface area contributed by atoms with Gasteiger partial charge < -0.3 is 31.0 Å². The van der Waals surface area contributed by atoms with Crippen molar-refractivity contribution in [2.75, 3.05) is 43.7 Å². The first-order chi connectivity index (χ1) is 17.7. The minimum absolute atomic E-state index is 0.107. The van der Waals surface area contributed by atoms with Gasteiger partial charge in [0.1, 0.15) is 23.0 Å². The number of aryl methyl sites for hydroxylation is 1. The third kappa shape index (κ3) is 7.07. The maximum absolute atomic E-state index is 12.5. The van der Waals surface area contributed by atoms with Crippen LogP contribution in [0.1, 0.15) is 36.0 Å². The highest BCUT2D eigenvalue weighted by molar-refractivity contribution is 7.72. The molecule has 0 amide bonds. The van der Waals surface area contributed by atoms with Gasteiger partial charge in [-0.05, 0) is 60.9 Å². The minimum Gasteiger partial charge on any atom is -0.495 e. The van der Waals surface area contributed by atoms with Crippen molar-refractivity contribution in [3.8, 4) is 11.5 Å². The number of benzene rings is 3. The average Bonchev–Trinajstić information content (AvgIpc) is 2.88. The Bertz CT molecular complexity index is 1320. The molecule has 10 heteroatoms. The normalized spacial score (nSPS) is 11.7. The Balaban J connectivity index is 1.83. The summed E-state index contributed by atoms with van der Waals surface area (Å²) in [6, 6.07) is 15.9. The smallest absolute Gasteiger partial charge is 0.306 e. The fourth-order valence-electron chi connectivity index (χ4n) is 3.98. The van der Waals surface area contributed by atoms with Crippen LogP contribution >= 0.6 is 0 Å². The first kappa shape index (κ1) is 27.7. The largest absolute Gasteiger partial charge is 0.495 e. The van der Waals surface area contributed by atoms with Crippen molar-refractivity contribution >= 4 is 33.7 Å². The molecule has 0 aliphatic rings. The molecule has 0 aliphatic heterocycles. The number of ether oxygens (including phenoxy) is 3. The highest BCUT2D eigenvalue weighted by Crippen LogP contribution is 2.37. The molecule has 0 saturated heterocycles. The van der Waals surface area contributed by atoms with Gasteiger partial charge in [0.15, 0.2) is 10.7 Å². The molecule has 9 nitrogen and oxygen atoms in total. The highest BCUT2D eigenvalue weighted by atomic mass is 32.2. The second-order valence-corrected chi connectivity index (χ2v) is 9.36. The fourth-order valence-corrected chi connectivity index (χ4v) is 4.51. The lowest BCUT2D eigenvalue weighted by atomic mass is 9.87. The molecule has 0 saturated carbocycles. The number of methoxy groups -OCH3 is 1. The van der Waals surface area contributed by atoms with Crippen molar-refractivity contribution in [2.24, 2.45) is 0 Å². The van der Waals surface area contributed by atoms with Gasteiger partial charge in [-0.2, -0.15) is 0 Å². The molecule has 0 aliphatic carbocycles. The quantitative estimate of drug-likeness (QED) is 0.120. The zero-order valence-corrected chi connectivity index (χ0v) is 22.0. The number of carbonyl (C=O) groups excluding carboxylic acids is 1. The van der Waals surface area contributed by atoms with E-state index in [1.54, 1.807) is 37.3 Å². The van der Waals surface area contributed by atoms with Gasteiger partial charge in [-0.25, -0.2) is 8.42 Å². The number of hydrogen-bond acceptors (Lipinski definition) is 9. The summed E-state index contributed by atoms with van der Waals surface area (Å²) in [5, 5.41) is 3.34. The monoisotopic (exact) mass is 527 g/mol.